The van der Waals surface area contributed by atoms with Gasteiger partial charge < -0.3 is 5.32 Å². The van der Waals surface area contributed by atoms with E-state index in [-0.39, 0.29) is 5.91 Å². The van der Waals surface area contributed by atoms with Gasteiger partial charge in [-0.15, -0.1) is 0 Å². The average molecular weight is 190 g/mol. The molecule has 1 N–H and O–H groups in total. The second-order valence-corrected chi connectivity index (χ2v) is 3.36. The molecule has 73 valence electrons. The smallest absolute Gasteiger partial charge is 0.234 e. The minimum atomic E-state index is 0.103. The topological polar surface area (TPSA) is 45.2 Å². The van der Waals surface area contributed by atoms with Gasteiger partial charge in [-0.25, -0.2) is 0 Å². The Morgan fingerprint density at radius 1 is 1.64 bits per heavy atom. The van der Waals surface area contributed by atoms with Crippen molar-refractivity contribution in [2.24, 2.45) is 0 Å². The minimum Gasteiger partial charge on any atom is -0.354 e. The fourth-order valence-electron chi connectivity index (χ4n) is 1.53. The lowest BCUT2D eigenvalue weighted by Crippen LogP contribution is -2.47. The Labute approximate surface area is 82.9 Å². The van der Waals surface area contributed by atoms with Gasteiger partial charge in [-0.05, 0) is 11.6 Å². The first-order valence-corrected chi connectivity index (χ1v) is 4.64. The fourth-order valence-corrected chi connectivity index (χ4v) is 1.53. The Hall–Kier alpha value is -1.42. The third-order valence-electron chi connectivity index (χ3n) is 2.20. The third-order valence-corrected chi connectivity index (χ3v) is 2.20. The zero-order valence-electron chi connectivity index (χ0n) is 7.86. The molecule has 1 radical (unpaired) electrons. The van der Waals surface area contributed by atoms with Crippen molar-refractivity contribution >= 4 is 5.91 Å². The molecule has 4 nitrogen and oxygen atoms in total. The standard InChI is InChI=1S/C10H12N3O/c14-10-8-13(5-4-12-10)7-9-2-1-3-11-6-9/h1-2,6H,4-5,7-8H2,(H,12,14). The van der Waals surface area contributed by atoms with E-state index < -0.39 is 0 Å². The van der Waals surface area contributed by atoms with E-state index in [2.05, 4.69) is 21.4 Å². The van der Waals surface area contributed by atoms with E-state index in [9.17, 15) is 4.79 Å². The Kier molecular flexibility index (Phi) is 2.74. The largest absolute Gasteiger partial charge is 0.354 e. The van der Waals surface area contributed by atoms with E-state index in [4.69, 9.17) is 0 Å². The first-order chi connectivity index (χ1) is 6.84. The van der Waals surface area contributed by atoms with E-state index >= 15 is 0 Å². The normalized spacial score (nSPS) is 17.9. The summed E-state index contributed by atoms with van der Waals surface area (Å²) >= 11 is 0. The van der Waals surface area contributed by atoms with Crippen molar-refractivity contribution in [1.29, 1.82) is 0 Å². The highest BCUT2D eigenvalue weighted by Crippen LogP contribution is 2.03. The molecule has 2 heterocycles. The zero-order chi connectivity index (χ0) is 9.80. The monoisotopic (exact) mass is 190 g/mol. The number of aromatic nitrogens is 1. The average Bonchev–Trinajstić information content (AvgIpc) is 2.19. The van der Waals surface area contributed by atoms with Gasteiger partial charge in [0.05, 0.1) is 12.7 Å². The molecular weight excluding hydrogens is 178 g/mol. The molecule has 1 aromatic heterocycles. The molecule has 1 amide bonds. The van der Waals surface area contributed by atoms with Crippen LogP contribution >= 0.6 is 0 Å². The molecule has 0 aliphatic carbocycles. The predicted octanol–water partition coefficient (Wildman–Crippen LogP) is -0.186. The Morgan fingerprint density at radius 3 is 3.29 bits per heavy atom. The SMILES string of the molecule is O=C1CN(Cc2cc[c]nc2)CCN1. The van der Waals surface area contributed by atoms with Gasteiger partial charge >= 0.3 is 0 Å². The molecule has 0 unspecified atom stereocenters. The van der Waals surface area contributed by atoms with Crippen LogP contribution in [0.5, 0.6) is 0 Å². The Morgan fingerprint density at radius 2 is 2.57 bits per heavy atom. The summed E-state index contributed by atoms with van der Waals surface area (Å²) in [6.45, 7) is 2.92. The number of piperazine rings is 1. The number of carbonyl (C=O) groups excluding carboxylic acids is 1. The van der Waals surface area contributed by atoms with Gasteiger partial charge in [0.1, 0.15) is 0 Å². The molecule has 1 aliphatic heterocycles. The summed E-state index contributed by atoms with van der Waals surface area (Å²) in [5.41, 5.74) is 1.12. The second-order valence-electron chi connectivity index (χ2n) is 3.36. The van der Waals surface area contributed by atoms with E-state index in [1.165, 1.54) is 0 Å². The van der Waals surface area contributed by atoms with Crippen LogP contribution in [0, 0.1) is 6.20 Å². The van der Waals surface area contributed by atoms with Crippen molar-refractivity contribution in [2.45, 2.75) is 6.54 Å². The Balaban J connectivity index is 1.94. The maximum Gasteiger partial charge on any atom is 0.234 e. The van der Waals surface area contributed by atoms with E-state index in [0.29, 0.717) is 6.54 Å². The van der Waals surface area contributed by atoms with Crippen LogP contribution in [0.4, 0.5) is 0 Å². The number of carbonyl (C=O) groups is 1. The lowest BCUT2D eigenvalue weighted by atomic mass is 10.2. The minimum absolute atomic E-state index is 0.103. The number of rotatable bonds is 2. The number of hydrogen-bond donors (Lipinski definition) is 1. The number of nitrogens with one attached hydrogen (secondary N) is 1. The quantitative estimate of drug-likeness (QED) is 0.703. The van der Waals surface area contributed by atoms with Crippen LogP contribution in [0.3, 0.4) is 0 Å². The van der Waals surface area contributed by atoms with Crippen molar-refractivity contribution < 1.29 is 4.79 Å². The van der Waals surface area contributed by atoms with Crippen molar-refractivity contribution in [2.75, 3.05) is 19.6 Å². The summed E-state index contributed by atoms with van der Waals surface area (Å²) < 4.78 is 0. The van der Waals surface area contributed by atoms with E-state index in [0.717, 1.165) is 25.2 Å². The molecule has 1 aromatic rings. The molecule has 1 fully saturated rings. The van der Waals surface area contributed by atoms with Crippen LogP contribution in [-0.4, -0.2) is 35.4 Å². The lowest BCUT2D eigenvalue weighted by molar-refractivity contribution is -0.124. The molecule has 1 saturated heterocycles. The molecule has 0 bridgehead atoms. The highest BCUT2D eigenvalue weighted by atomic mass is 16.2. The number of amides is 1. The summed E-state index contributed by atoms with van der Waals surface area (Å²) in [5.74, 6) is 0.103. The molecule has 0 aromatic carbocycles. The Bertz CT molecular complexity index is 312. The highest BCUT2D eigenvalue weighted by Gasteiger charge is 2.15. The highest BCUT2D eigenvalue weighted by molar-refractivity contribution is 5.78. The molecule has 0 atom stereocenters. The molecule has 1 aliphatic rings. The van der Waals surface area contributed by atoms with Gasteiger partial charge in [0.15, 0.2) is 0 Å². The third kappa shape index (κ3) is 2.29. The van der Waals surface area contributed by atoms with Gasteiger partial charge in [-0.1, -0.05) is 6.07 Å². The number of hydrogen-bond acceptors (Lipinski definition) is 3. The lowest BCUT2D eigenvalue weighted by Gasteiger charge is -2.26. The summed E-state index contributed by atoms with van der Waals surface area (Å²) in [7, 11) is 0. The summed E-state index contributed by atoms with van der Waals surface area (Å²) in [6.07, 6.45) is 4.52. The predicted molar refractivity (Wildman–Crippen MR) is 51.4 cm³/mol. The van der Waals surface area contributed by atoms with Gasteiger partial charge in [-0.3, -0.25) is 14.7 Å². The van der Waals surface area contributed by atoms with Gasteiger partial charge in [0, 0.05) is 25.8 Å². The van der Waals surface area contributed by atoms with Crippen LogP contribution in [0.15, 0.2) is 18.3 Å². The van der Waals surface area contributed by atoms with Gasteiger partial charge in [0.2, 0.25) is 5.91 Å². The van der Waals surface area contributed by atoms with Crippen molar-refractivity contribution in [3.05, 3.63) is 30.1 Å². The van der Waals surface area contributed by atoms with Crippen LogP contribution in [0.1, 0.15) is 5.56 Å². The summed E-state index contributed by atoms with van der Waals surface area (Å²) in [5, 5.41) is 2.80. The molecule has 0 saturated carbocycles. The van der Waals surface area contributed by atoms with Crippen molar-refractivity contribution in [1.82, 2.24) is 15.2 Å². The first kappa shape index (κ1) is 9.15. The molecule has 4 heteroatoms. The van der Waals surface area contributed by atoms with Crippen LogP contribution in [-0.2, 0) is 11.3 Å². The van der Waals surface area contributed by atoms with Crippen LogP contribution in [0.2, 0.25) is 0 Å². The molecule has 14 heavy (non-hydrogen) atoms. The maximum atomic E-state index is 11.1. The van der Waals surface area contributed by atoms with E-state index in [1.807, 2.05) is 6.07 Å². The van der Waals surface area contributed by atoms with Crippen LogP contribution in [0.25, 0.3) is 0 Å². The first-order valence-electron chi connectivity index (χ1n) is 4.64. The summed E-state index contributed by atoms with van der Waals surface area (Å²) in [4.78, 5) is 17.1. The molecular formula is C10H12N3O. The molecule has 0 spiro atoms. The van der Waals surface area contributed by atoms with Gasteiger partial charge in [-0.2, -0.15) is 0 Å². The van der Waals surface area contributed by atoms with Crippen molar-refractivity contribution in [3.63, 3.8) is 0 Å². The second kappa shape index (κ2) is 4.19. The number of nitrogens with zero attached hydrogens (tertiary/aromatic N) is 2. The van der Waals surface area contributed by atoms with Crippen molar-refractivity contribution in [3.8, 4) is 0 Å². The zero-order valence-corrected chi connectivity index (χ0v) is 7.86. The van der Waals surface area contributed by atoms with E-state index in [1.54, 1.807) is 12.3 Å². The van der Waals surface area contributed by atoms with Crippen LogP contribution < -0.4 is 5.32 Å². The fraction of sp³-hybridized carbons (Fsp3) is 0.400. The molecule has 2 rings (SSSR count). The summed E-state index contributed by atoms with van der Waals surface area (Å²) in [6, 6.07) is 3.76. The number of pyridine rings is 1. The van der Waals surface area contributed by atoms with Gasteiger partial charge in [0.25, 0.3) is 0 Å². The maximum absolute atomic E-state index is 11.1.